The molecule has 1 aliphatic rings. The maximum absolute atomic E-state index is 12.1. The molecule has 0 aromatic carbocycles. The van der Waals surface area contributed by atoms with Crippen LogP contribution in [0.1, 0.15) is 33.0 Å². The molecule has 1 fully saturated rings. The lowest BCUT2D eigenvalue weighted by atomic mass is 10.2. The number of likely N-dealkylation sites (tertiary alicyclic amines) is 1. The molecule has 114 valence electrons. The van der Waals surface area contributed by atoms with E-state index in [-0.39, 0.29) is 5.91 Å². The molecule has 1 saturated heterocycles. The zero-order valence-electron chi connectivity index (χ0n) is 12.1. The Kier molecular flexibility index (Phi) is 5.52. The molecule has 21 heavy (non-hydrogen) atoms. The van der Waals surface area contributed by atoms with E-state index in [9.17, 15) is 9.59 Å². The van der Waals surface area contributed by atoms with Crippen molar-refractivity contribution in [3.8, 4) is 0 Å². The molecule has 0 atom stereocenters. The average Bonchev–Trinajstić information content (AvgIpc) is 3.06. The molecule has 0 spiro atoms. The summed E-state index contributed by atoms with van der Waals surface area (Å²) in [5, 5.41) is 11.6. The summed E-state index contributed by atoms with van der Waals surface area (Å²) >= 11 is 1.32. The number of carbonyl (C=O) groups is 2. The molecule has 0 unspecified atom stereocenters. The van der Waals surface area contributed by atoms with E-state index in [0.717, 1.165) is 36.2 Å². The van der Waals surface area contributed by atoms with Gasteiger partial charge in [-0.25, -0.2) is 4.79 Å². The lowest BCUT2D eigenvalue weighted by molar-refractivity contribution is -0.131. The number of carboxylic acid groups (broad SMARTS) is 1. The zero-order chi connectivity index (χ0) is 15.2. The Bertz CT molecular complexity index is 545. The molecular weight excluding hydrogens is 288 g/mol. The van der Waals surface area contributed by atoms with Crippen molar-refractivity contribution < 1.29 is 14.7 Å². The molecule has 0 saturated carbocycles. The molecule has 1 amide bonds. The Labute approximate surface area is 128 Å². The Morgan fingerprint density at radius 1 is 1.43 bits per heavy atom. The normalized spacial score (nSPS) is 15.7. The number of aliphatic carboxylic acids is 1. The molecule has 0 aliphatic carbocycles. The maximum atomic E-state index is 12.1. The molecule has 1 aromatic rings. The fourth-order valence-electron chi connectivity index (χ4n) is 2.34. The largest absolute Gasteiger partial charge is 0.478 e. The number of amides is 1. The van der Waals surface area contributed by atoms with Crippen LogP contribution in [0.15, 0.2) is 12.1 Å². The molecule has 2 N–H and O–H groups in total. The first-order chi connectivity index (χ1) is 10.1. The van der Waals surface area contributed by atoms with Crippen LogP contribution in [0.5, 0.6) is 0 Å². The van der Waals surface area contributed by atoms with Crippen LogP contribution in [0.4, 0.5) is 0 Å². The van der Waals surface area contributed by atoms with Crippen molar-refractivity contribution in [2.45, 2.75) is 19.8 Å². The summed E-state index contributed by atoms with van der Waals surface area (Å²) in [6, 6.07) is 1.80. The molecule has 0 bridgehead atoms. The predicted molar refractivity (Wildman–Crippen MR) is 83.7 cm³/mol. The summed E-state index contributed by atoms with van der Waals surface area (Å²) in [4.78, 5) is 26.4. The van der Waals surface area contributed by atoms with Crippen molar-refractivity contribution in [3.63, 3.8) is 0 Å². The number of hydrogen-bond acceptors (Lipinski definition) is 4. The van der Waals surface area contributed by atoms with E-state index in [2.05, 4.69) is 10.2 Å². The van der Waals surface area contributed by atoms with E-state index in [1.165, 1.54) is 30.3 Å². The van der Waals surface area contributed by atoms with Gasteiger partial charge in [-0.3, -0.25) is 4.79 Å². The third-order valence-electron chi connectivity index (χ3n) is 3.47. The van der Waals surface area contributed by atoms with Crippen LogP contribution >= 0.6 is 11.3 Å². The van der Waals surface area contributed by atoms with E-state index in [0.29, 0.717) is 11.4 Å². The highest BCUT2D eigenvalue weighted by molar-refractivity contribution is 7.15. The fourth-order valence-corrected chi connectivity index (χ4v) is 3.33. The predicted octanol–water partition coefficient (Wildman–Crippen LogP) is 1.98. The number of aryl methyl sites for hydroxylation is 1. The third-order valence-corrected chi connectivity index (χ3v) is 4.67. The second-order valence-electron chi connectivity index (χ2n) is 5.13. The summed E-state index contributed by atoms with van der Waals surface area (Å²) in [7, 11) is 0. The molecule has 2 heterocycles. The van der Waals surface area contributed by atoms with Crippen molar-refractivity contribution in [3.05, 3.63) is 27.5 Å². The summed E-state index contributed by atoms with van der Waals surface area (Å²) in [5.41, 5.74) is 0.919. The van der Waals surface area contributed by atoms with Crippen LogP contribution < -0.4 is 5.32 Å². The van der Waals surface area contributed by atoms with Gasteiger partial charge in [0.2, 0.25) is 0 Å². The van der Waals surface area contributed by atoms with Crippen molar-refractivity contribution in [2.75, 3.05) is 26.2 Å². The number of carbonyl (C=O) groups excluding carboxylic acids is 1. The van der Waals surface area contributed by atoms with Crippen LogP contribution in [0.25, 0.3) is 6.08 Å². The SMILES string of the molecule is Cc1cc(C(=O)NCCN2CCCC2)sc1/C=C/C(=O)O. The first-order valence-corrected chi connectivity index (χ1v) is 7.90. The van der Waals surface area contributed by atoms with Crippen LogP contribution in [0.2, 0.25) is 0 Å². The van der Waals surface area contributed by atoms with Gasteiger partial charge in [-0.1, -0.05) is 0 Å². The quantitative estimate of drug-likeness (QED) is 0.789. The van der Waals surface area contributed by atoms with Gasteiger partial charge >= 0.3 is 5.97 Å². The maximum Gasteiger partial charge on any atom is 0.328 e. The number of hydrogen-bond donors (Lipinski definition) is 2. The van der Waals surface area contributed by atoms with Crippen molar-refractivity contribution >= 4 is 29.3 Å². The first kappa shape index (κ1) is 15.7. The Morgan fingerprint density at radius 2 is 2.14 bits per heavy atom. The minimum Gasteiger partial charge on any atom is -0.478 e. The number of thiophene rings is 1. The Morgan fingerprint density at radius 3 is 2.81 bits per heavy atom. The van der Waals surface area contributed by atoms with Gasteiger partial charge in [0.15, 0.2) is 0 Å². The number of nitrogens with zero attached hydrogens (tertiary/aromatic N) is 1. The highest BCUT2D eigenvalue weighted by Gasteiger charge is 2.13. The molecule has 1 aliphatic heterocycles. The molecular formula is C15H20N2O3S. The molecule has 6 heteroatoms. The lowest BCUT2D eigenvalue weighted by Gasteiger charge is -2.14. The summed E-state index contributed by atoms with van der Waals surface area (Å²) < 4.78 is 0. The smallest absolute Gasteiger partial charge is 0.328 e. The second kappa shape index (κ2) is 7.38. The third kappa shape index (κ3) is 4.68. The average molecular weight is 308 g/mol. The Hall–Kier alpha value is -1.66. The standard InChI is InChI=1S/C15H20N2O3S/c1-11-10-13(21-12(11)4-5-14(18)19)15(20)16-6-9-17-7-2-3-8-17/h4-5,10H,2-3,6-9H2,1H3,(H,16,20)(H,18,19)/b5-4+. The van der Waals surface area contributed by atoms with Crippen molar-refractivity contribution in [2.24, 2.45) is 0 Å². The highest BCUT2D eigenvalue weighted by Crippen LogP contribution is 2.23. The number of rotatable bonds is 6. The van der Waals surface area contributed by atoms with Gasteiger partial charge < -0.3 is 15.3 Å². The van der Waals surface area contributed by atoms with E-state index in [1.54, 1.807) is 6.07 Å². The number of carboxylic acids is 1. The van der Waals surface area contributed by atoms with Gasteiger partial charge in [-0.2, -0.15) is 0 Å². The van der Waals surface area contributed by atoms with Gasteiger partial charge in [0, 0.05) is 24.0 Å². The second-order valence-corrected chi connectivity index (χ2v) is 6.22. The van der Waals surface area contributed by atoms with Gasteiger partial charge in [-0.05, 0) is 50.6 Å². The van der Waals surface area contributed by atoms with E-state index >= 15 is 0 Å². The Balaban J connectivity index is 1.87. The first-order valence-electron chi connectivity index (χ1n) is 7.08. The fraction of sp³-hybridized carbons (Fsp3) is 0.467. The molecule has 2 rings (SSSR count). The van der Waals surface area contributed by atoms with Crippen molar-refractivity contribution in [1.82, 2.24) is 10.2 Å². The molecule has 1 aromatic heterocycles. The van der Waals surface area contributed by atoms with E-state index in [1.807, 2.05) is 6.92 Å². The summed E-state index contributed by atoms with van der Waals surface area (Å²) in [5.74, 6) is -1.07. The van der Waals surface area contributed by atoms with Gasteiger partial charge in [0.25, 0.3) is 5.91 Å². The van der Waals surface area contributed by atoms with Gasteiger partial charge in [0.1, 0.15) is 0 Å². The molecule has 5 nitrogen and oxygen atoms in total. The van der Waals surface area contributed by atoms with Crippen LogP contribution in [-0.2, 0) is 4.79 Å². The minimum absolute atomic E-state index is 0.0859. The lowest BCUT2D eigenvalue weighted by Crippen LogP contribution is -2.33. The topological polar surface area (TPSA) is 69.6 Å². The van der Waals surface area contributed by atoms with Crippen LogP contribution in [-0.4, -0.2) is 48.1 Å². The van der Waals surface area contributed by atoms with Crippen LogP contribution in [0, 0.1) is 6.92 Å². The van der Waals surface area contributed by atoms with E-state index in [4.69, 9.17) is 5.11 Å². The zero-order valence-corrected chi connectivity index (χ0v) is 12.9. The minimum atomic E-state index is -0.987. The van der Waals surface area contributed by atoms with Crippen molar-refractivity contribution in [1.29, 1.82) is 0 Å². The van der Waals surface area contributed by atoms with Gasteiger partial charge in [-0.15, -0.1) is 11.3 Å². The van der Waals surface area contributed by atoms with Gasteiger partial charge in [0.05, 0.1) is 4.88 Å². The summed E-state index contributed by atoms with van der Waals surface area (Å²) in [6.07, 6.45) is 5.12. The van der Waals surface area contributed by atoms with E-state index < -0.39 is 5.97 Å². The number of nitrogens with one attached hydrogen (secondary N) is 1. The molecule has 0 radical (unpaired) electrons. The summed E-state index contributed by atoms with van der Waals surface area (Å²) in [6.45, 7) is 5.66. The monoisotopic (exact) mass is 308 g/mol. The highest BCUT2D eigenvalue weighted by atomic mass is 32.1. The van der Waals surface area contributed by atoms with Crippen LogP contribution in [0.3, 0.4) is 0 Å².